The number of aryl methyl sites for hydroxylation is 1. The maximum Gasteiger partial charge on any atom is 0.192 e. The lowest BCUT2D eigenvalue weighted by atomic mass is 9.86. The van der Waals surface area contributed by atoms with Gasteiger partial charge in [0, 0.05) is 6.10 Å². The van der Waals surface area contributed by atoms with Crippen molar-refractivity contribution in [3.05, 3.63) is 29.8 Å². The highest BCUT2D eigenvalue weighted by Gasteiger charge is 2.39. The lowest BCUT2D eigenvalue weighted by Crippen LogP contribution is -2.44. The van der Waals surface area contributed by atoms with E-state index >= 15 is 0 Å². The molecule has 0 aromatic heterocycles. The Hall–Kier alpha value is -0.803. The van der Waals surface area contributed by atoms with Crippen molar-refractivity contribution in [2.75, 3.05) is 0 Å². The third kappa shape index (κ3) is 6.45. The Kier molecular flexibility index (Phi) is 7.16. The summed E-state index contributed by atoms with van der Waals surface area (Å²) in [5, 5.41) is 9.70. The molecule has 0 bridgehead atoms. The van der Waals surface area contributed by atoms with E-state index in [1.807, 2.05) is 0 Å². The first kappa shape index (κ1) is 20.5. The van der Waals surface area contributed by atoms with E-state index in [1.54, 1.807) is 12.1 Å². The largest absolute Gasteiger partial charge is 0.508 e. The zero-order valence-corrected chi connectivity index (χ0v) is 18.0. The molecule has 1 aliphatic rings. The van der Waals surface area contributed by atoms with Crippen molar-refractivity contribution in [1.82, 2.24) is 0 Å². The van der Waals surface area contributed by atoms with Crippen LogP contribution >= 0.6 is 0 Å². The van der Waals surface area contributed by atoms with Gasteiger partial charge in [-0.25, -0.2) is 0 Å². The van der Waals surface area contributed by atoms with Gasteiger partial charge in [-0.3, -0.25) is 0 Å². The van der Waals surface area contributed by atoms with E-state index in [0.717, 1.165) is 12.3 Å². The van der Waals surface area contributed by atoms with Gasteiger partial charge < -0.3 is 9.53 Å². The fourth-order valence-electron chi connectivity index (χ4n) is 3.59. The van der Waals surface area contributed by atoms with E-state index in [4.69, 9.17) is 4.43 Å². The fourth-order valence-corrected chi connectivity index (χ4v) is 5.01. The summed E-state index contributed by atoms with van der Waals surface area (Å²) in [5.41, 5.74) is 1.35. The van der Waals surface area contributed by atoms with Gasteiger partial charge in [-0.2, -0.15) is 0 Å². The number of benzene rings is 1. The Balaban J connectivity index is 1.77. The van der Waals surface area contributed by atoms with Crippen LogP contribution in [0.2, 0.25) is 18.1 Å². The van der Waals surface area contributed by atoms with Gasteiger partial charge in [-0.1, -0.05) is 58.6 Å². The van der Waals surface area contributed by atoms with Crippen LogP contribution in [0.25, 0.3) is 0 Å². The molecule has 1 aromatic rings. The molecule has 0 saturated heterocycles. The van der Waals surface area contributed by atoms with Crippen LogP contribution in [0, 0.1) is 5.92 Å². The molecule has 1 fully saturated rings. The molecular weight excluding hydrogens is 324 g/mol. The van der Waals surface area contributed by atoms with E-state index in [0.29, 0.717) is 16.9 Å². The fraction of sp³-hybridized carbons (Fsp3) is 0.727. The van der Waals surface area contributed by atoms with Gasteiger partial charge >= 0.3 is 0 Å². The van der Waals surface area contributed by atoms with Crippen LogP contribution in [-0.4, -0.2) is 19.5 Å². The zero-order valence-electron chi connectivity index (χ0n) is 17.0. The van der Waals surface area contributed by atoms with Crippen LogP contribution in [0.4, 0.5) is 0 Å². The van der Waals surface area contributed by atoms with E-state index in [-0.39, 0.29) is 0 Å². The van der Waals surface area contributed by atoms with Crippen molar-refractivity contribution in [2.45, 2.75) is 96.4 Å². The average molecular weight is 363 g/mol. The van der Waals surface area contributed by atoms with Gasteiger partial charge in [0.15, 0.2) is 8.32 Å². The highest BCUT2D eigenvalue weighted by Crippen LogP contribution is 2.39. The summed E-state index contributed by atoms with van der Waals surface area (Å²) in [5.74, 6) is 1.21. The highest BCUT2D eigenvalue weighted by atomic mass is 28.4. The molecule has 0 unspecified atom stereocenters. The normalized spacial score (nSPS) is 23.1. The van der Waals surface area contributed by atoms with Gasteiger partial charge in [0.25, 0.3) is 0 Å². The number of phenols is 1. The van der Waals surface area contributed by atoms with Crippen molar-refractivity contribution < 1.29 is 9.53 Å². The molecule has 0 atom stereocenters. The van der Waals surface area contributed by atoms with Crippen molar-refractivity contribution >= 4 is 8.32 Å². The van der Waals surface area contributed by atoms with E-state index in [1.165, 1.54) is 50.5 Å². The topological polar surface area (TPSA) is 29.5 Å². The first-order chi connectivity index (χ1) is 11.7. The van der Waals surface area contributed by atoms with Gasteiger partial charge in [0.2, 0.25) is 0 Å². The molecule has 0 aliphatic heterocycles. The van der Waals surface area contributed by atoms with Crippen molar-refractivity contribution in [3.63, 3.8) is 0 Å². The number of rotatable bonds is 5. The average Bonchev–Trinajstić information content (AvgIpc) is 2.49. The Bertz CT molecular complexity index is 506. The highest BCUT2D eigenvalue weighted by molar-refractivity contribution is 6.74. The van der Waals surface area contributed by atoms with Gasteiger partial charge in [-0.05, 0) is 67.4 Å². The van der Waals surface area contributed by atoms with Gasteiger partial charge in [0.1, 0.15) is 5.75 Å². The number of hydrogen-bond donors (Lipinski definition) is 1. The Morgan fingerprint density at radius 3 is 2.08 bits per heavy atom. The van der Waals surface area contributed by atoms with Crippen LogP contribution in [0.1, 0.15) is 71.3 Å². The molecule has 142 valence electrons. The summed E-state index contributed by atoms with van der Waals surface area (Å²) >= 11 is 0. The van der Waals surface area contributed by atoms with Crippen molar-refractivity contribution in [3.8, 4) is 5.75 Å². The lowest BCUT2D eigenvalue weighted by Gasteiger charge is -2.40. The monoisotopic (exact) mass is 362 g/mol. The molecule has 0 heterocycles. The maximum absolute atomic E-state index is 9.39. The van der Waals surface area contributed by atoms with Crippen LogP contribution in [0.5, 0.6) is 5.75 Å². The second kappa shape index (κ2) is 8.72. The van der Waals surface area contributed by atoms with Crippen LogP contribution in [0.3, 0.4) is 0 Å². The third-order valence-electron chi connectivity index (χ3n) is 6.32. The summed E-state index contributed by atoms with van der Waals surface area (Å²) in [7, 11) is -1.63. The Morgan fingerprint density at radius 1 is 1.00 bits per heavy atom. The van der Waals surface area contributed by atoms with Crippen LogP contribution in [-0.2, 0) is 10.8 Å². The summed E-state index contributed by atoms with van der Waals surface area (Å²) in [6.45, 7) is 11.8. The molecule has 2 nitrogen and oxygen atoms in total. The molecule has 3 heteroatoms. The molecule has 25 heavy (non-hydrogen) atoms. The molecule has 2 rings (SSSR count). The maximum atomic E-state index is 9.39. The summed E-state index contributed by atoms with van der Waals surface area (Å²) in [6, 6.07) is 7.72. The van der Waals surface area contributed by atoms with Gasteiger partial charge in [0.05, 0.1) is 0 Å². The quantitative estimate of drug-likeness (QED) is 0.591. The molecule has 1 saturated carbocycles. The minimum atomic E-state index is -1.63. The molecule has 1 aromatic carbocycles. The minimum Gasteiger partial charge on any atom is -0.508 e. The molecule has 1 N–H and O–H groups in total. The SMILES string of the molecule is CC(C)(C)[Si](C)(C)OC1CCCC(CCc2ccc(O)cc2)CCC1. The molecule has 0 amide bonds. The van der Waals surface area contributed by atoms with Crippen molar-refractivity contribution in [2.24, 2.45) is 5.92 Å². The molecule has 0 spiro atoms. The first-order valence-corrected chi connectivity index (χ1v) is 13.0. The number of phenolic OH excluding ortho intramolecular Hbond substituents is 1. The summed E-state index contributed by atoms with van der Waals surface area (Å²) in [6.07, 6.45) is 10.7. The smallest absolute Gasteiger partial charge is 0.192 e. The zero-order chi connectivity index (χ0) is 18.5. The first-order valence-electron chi connectivity index (χ1n) is 10.1. The second-order valence-corrected chi connectivity index (χ2v) is 14.2. The molecular formula is C22H38O2Si. The Labute approximate surface area is 156 Å². The van der Waals surface area contributed by atoms with Gasteiger partial charge in [-0.15, -0.1) is 0 Å². The second-order valence-electron chi connectivity index (χ2n) is 9.43. The third-order valence-corrected chi connectivity index (χ3v) is 10.9. The standard InChI is InChI=1S/C22H38O2Si/c1-22(2,3)25(4,5)24-21-10-6-8-18(9-7-11-21)12-13-19-14-16-20(23)17-15-19/h14-18,21,23H,6-13H2,1-5H3. The molecule has 1 aliphatic carbocycles. The van der Waals surface area contributed by atoms with Crippen LogP contribution < -0.4 is 0 Å². The minimum absolute atomic E-state index is 0.308. The van der Waals surface area contributed by atoms with Crippen LogP contribution in [0.15, 0.2) is 24.3 Å². The Morgan fingerprint density at radius 2 is 1.56 bits per heavy atom. The predicted molar refractivity (Wildman–Crippen MR) is 110 cm³/mol. The lowest BCUT2D eigenvalue weighted by molar-refractivity contribution is 0.140. The van der Waals surface area contributed by atoms with E-state index in [2.05, 4.69) is 46.0 Å². The van der Waals surface area contributed by atoms with E-state index in [9.17, 15) is 5.11 Å². The molecule has 0 radical (unpaired) electrons. The predicted octanol–water partition coefficient (Wildman–Crippen LogP) is 6.69. The number of hydrogen-bond acceptors (Lipinski definition) is 2. The summed E-state index contributed by atoms with van der Waals surface area (Å²) < 4.78 is 6.67. The van der Waals surface area contributed by atoms with E-state index < -0.39 is 8.32 Å². The number of aromatic hydroxyl groups is 1. The summed E-state index contributed by atoms with van der Waals surface area (Å²) in [4.78, 5) is 0. The van der Waals surface area contributed by atoms with Crippen molar-refractivity contribution in [1.29, 1.82) is 0 Å².